The molecular formula is C26H18F5N3O3S. The number of rotatable bonds is 5. The van der Waals surface area contributed by atoms with Crippen LogP contribution in [0.2, 0.25) is 0 Å². The molecule has 0 saturated carbocycles. The highest BCUT2D eigenvalue weighted by Gasteiger charge is 2.33. The van der Waals surface area contributed by atoms with Crippen molar-refractivity contribution in [2.75, 3.05) is 11.3 Å². The molecule has 5 rings (SSSR count). The minimum atomic E-state index is -4.58. The molecule has 3 aromatic carbocycles. The van der Waals surface area contributed by atoms with E-state index < -0.39 is 39.3 Å². The van der Waals surface area contributed by atoms with Crippen LogP contribution < -0.4 is 9.46 Å². The zero-order valence-corrected chi connectivity index (χ0v) is 20.2. The summed E-state index contributed by atoms with van der Waals surface area (Å²) >= 11 is 0. The summed E-state index contributed by atoms with van der Waals surface area (Å²) in [5.74, 6) is -1.76. The molecule has 1 N–H and O–H groups in total. The van der Waals surface area contributed by atoms with Crippen molar-refractivity contribution in [1.82, 2.24) is 9.97 Å². The van der Waals surface area contributed by atoms with Crippen LogP contribution in [0.4, 0.5) is 27.9 Å². The second-order valence-electron chi connectivity index (χ2n) is 8.53. The van der Waals surface area contributed by atoms with E-state index in [1.165, 1.54) is 48.5 Å². The van der Waals surface area contributed by atoms with Gasteiger partial charge in [0.1, 0.15) is 11.6 Å². The molecule has 1 aromatic heterocycles. The molecule has 1 aliphatic rings. The van der Waals surface area contributed by atoms with Gasteiger partial charge in [-0.25, -0.2) is 31.9 Å². The molecule has 0 amide bonds. The number of hydrogen-bond donors (Lipinski definition) is 1. The predicted octanol–water partition coefficient (Wildman–Crippen LogP) is 6.16. The Morgan fingerprint density at radius 3 is 2.24 bits per heavy atom. The van der Waals surface area contributed by atoms with Gasteiger partial charge in [-0.3, -0.25) is 0 Å². The fourth-order valence-electron chi connectivity index (χ4n) is 4.32. The quantitative estimate of drug-likeness (QED) is 0.303. The van der Waals surface area contributed by atoms with Crippen LogP contribution in [-0.4, -0.2) is 25.0 Å². The van der Waals surface area contributed by atoms with E-state index in [9.17, 15) is 30.4 Å². The van der Waals surface area contributed by atoms with Gasteiger partial charge in [0.2, 0.25) is 5.95 Å². The predicted molar refractivity (Wildman–Crippen MR) is 128 cm³/mol. The largest absolute Gasteiger partial charge is 0.493 e. The molecular weight excluding hydrogens is 529 g/mol. The second-order valence-corrected chi connectivity index (χ2v) is 10.2. The minimum absolute atomic E-state index is 0.170. The highest BCUT2D eigenvalue weighted by atomic mass is 32.2. The van der Waals surface area contributed by atoms with Crippen LogP contribution in [0.1, 0.15) is 29.0 Å². The Balaban J connectivity index is 1.54. The van der Waals surface area contributed by atoms with Gasteiger partial charge >= 0.3 is 6.18 Å². The van der Waals surface area contributed by atoms with Crippen molar-refractivity contribution in [2.45, 2.75) is 23.4 Å². The van der Waals surface area contributed by atoms with Crippen molar-refractivity contribution in [3.63, 3.8) is 0 Å². The maximum absolute atomic E-state index is 13.5. The number of ether oxygens (including phenoxy) is 1. The molecule has 12 heteroatoms. The number of fused-ring (bicyclic) bond motifs is 1. The van der Waals surface area contributed by atoms with E-state index in [4.69, 9.17) is 4.74 Å². The van der Waals surface area contributed by atoms with Crippen LogP contribution in [0, 0.1) is 11.6 Å². The van der Waals surface area contributed by atoms with Crippen LogP contribution >= 0.6 is 0 Å². The molecule has 6 nitrogen and oxygen atoms in total. The molecule has 0 radical (unpaired) electrons. The minimum Gasteiger partial charge on any atom is -0.493 e. The van der Waals surface area contributed by atoms with Crippen molar-refractivity contribution in [1.29, 1.82) is 0 Å². The number of alkyl halides is 3. The molecule has 0 spiro atoms. The molecule has 0 bridgehead atoms. The van der Waals surface area contributed by atoms with Gasteiger partial charge in [-0.1, -0.05) is 24.3 Å². The zero-order valence-electron chi connectivity index (χ0n) is 19.3. The molecule has 1 aliphatic heterocycles. The molecule has 0 fully saturated rings. The third-order valence-electron chi connectivity index (χ3n) is 6.09. The fraction of sp³-hybridized carbons (Fsp3) is 0.154. The molecule has 1 atom stereocenters. The van der Waals surface area contributed by atoms with Gasteiger partial charge in [-0.2, -0.15) is 13.2 Å². The van der Waals surface area contributed by atoms with Gasteiger partial charge in [0.25, 0.3) is 10.0 Å². The SMILES string of the molecule is O=S(=O)(Nc1ncc(F)cn1)c1ccc2c(c1)OCC[C@H]2c1ccc(C(F)(F)F)cc1-c1ccc(F)cc1. The Bertz CT molecular complexity index is 1590. The molecule has 0 saturated heterocycles. The lowest BCUT2D eigenvalue weighted by Gasteiger charge is -2.29. The lowest BCUT2D eigenvalue weighted by Crippen LogP contribution is -2.19. The Hall–Kier alpha value is -4.06. The third kappa shape index (κ3) is 5.17. The molecule has 196 valence electrons. The smallest absolute Gasteiger partial charge is 0.416 e. The topological polar surface area (TPSA) is 81.2 Å². The highest BCUT2D eigenvalue weighted by Crippen LogP contribution is 2.44. The van der Waals surface area contributed by atoms with Crippen molar-refractivity contribution >= 4 is 16.0 Å². The average molecular weight is 548 g/mol. The lowest BCUT2D eigenvalue weighted by atomic mass is 9.82. The summed E-state index contributed by atoms with van der Waals surface area (Å²) in [6.45, 7) is 0.180. The van der Waals surface area contributed by atoms with Crippen molar-refractivity contribution in [3.8, 4) is 16.9 Å². The van der Waals surface area contributed by atoms with Crippen LogP contribution in [0.3, 0.4) is 0 Å². The summed E-state index contributed by atoms with van der Waals surface area (Å²) in [7, 11) is -4.16. The summed E-state index contributed by atoms with van der Waals surface area (Å²) in [5, 5.41) is 0. The van der Waals surface area contributed by atoms with Crippen molar-refractivity contribution < 1.29 is 35.1 Å². The van der Waals surface area contributed by atoms with E-state index in [0.717, 1.165) is 24.5 Å². The van der Waals surface area contributed by atoms with Crippen molar-refractivity contribution in [3.05, 3.63) is 101 Å². The standard InChI is InChI=1S/C26H18F5N3O3S/c27-17-4-1-15(2-5-17)23-11-16(26(29,30)31)3-7-20(23)21-9-10-37-24-12-19(6-8-22(21)24)38(35,36)34-25-32-13-18(28)14-33-25/h1-8,11-14,21H,9-10H2,(H,32,33,34)/t21-/m0/s1. The van der Waals surface area contributed by atoms with E-state index in [1.807, 2.05) is 0 Å². The third-order valence-corrected chi connectivity index (χ3v) is 7.42. The van der Waals surface area contributed by atoms with E-state index >= 15 is 0 Å². The Labute approximate surface area is 214 Å². The molecule has 38 heavy (non-hydrogen) atoms. The number of hydrogen-bond acceptors (Lipinski definition) is 5. The first-order chi connectivity index (χ1) is 18.0. The summed E-state index contributed by atoms with van der Waals surface area (Å²) < 4.78 is 101. The molecule has 0 unspecified atom stereocenters. The van der Waals surface area contributed by atoms with Gasteiger partial charge in [0, 0.05) is 17.5 Å². The first-order valence-corrected chi connectivity index (χ1v) is 12.7. The maximum Gasteiger partial charge on any atom is 0.416 e. The number of nitrogens with zero attached hydrogens (tertiary/aromatic N) is 2. The normalized spacial score (nSPS) is 15.4. The number of anilines is 1. The summed E-state index contributed by atoms with van der Waals surface area (Å²) in [4.78, 5) is 7.00. The Kier molecular flexibility index (Phi) is 6.51. The Morgan fingerprint density at radius 2 is 1.55 bits per heavy atom. The number of aromatic nitrogens is 2. The maximum atomic E-state index is 13.5. The van der Waals surface area contributed by atoms with E-state index in [1.54, 1.807) is 0 Å². The monoisotopic (exact) mass is 547 g/mol. The highest BCUT2D eigenvalue weighted by molar-refractivity contribution is 7.92. The number of benzene rings is 3. The summed E-state index contributed by atoms with van der Waals surface area (Å²) in [5.41, 5.74) is 0.982. The molecule has 0 aliphatic carbocycles. The summed E-state index contributed by atoms with van der Waals surface area (Å²) in [6, 6.07) is 12.7. The molecule has 4 aromatic rings. The summed E-state index contributed by atoms with van der Waals surface area (Å²) in [6.07, 6.45) is -2.53. The number of halogens is 5. The second kappa shape index (κ2) is 9.67. The van der Waals surface area contributed by atoms with Crippen molar-refractivity contribution in [2.24, 2.45) is 0 Å². The molecule has 2 heterocycles. The van der Waals surface area contributed by atoms with Gasteiger partial charge in [-0.05, 0) is 53.4 Å². The number of nitrogens with one attached hydrogen (secondary N) is 1. The van der Waals surface area contributed by atoms with E-state index in [-0.39, 0.29) is 28.8 Å². The lowest BCUT2D eigenvalue weighted by molar-refractivity contribution is -0.137. The fourth-order valence-corrected chi connectivity index (χ4v) is 5.29. The van der Waals surface area contributed by atoms with Crippen LogP contribution in [0.15, 0.2) is 78.0 Å². The van der Waals surface area contributed by atoms with Gasteiger partial charge in [-0.15, -0.1) is 0 Å². The van der Waals surface area contributed by atoms with E-state index in [0.29, 0.717) is 23.1 Å². The first kappa shape index (κ1) is 25.6. The van der Waals surface area contributed by atoms with E-state index in [2.05, 4.69) is 14.7 Å². The number of sulfonamides is 1. The zero-order chi connectivity index (χ0) is 27.1. The van der Waals surface area contributed by atoms with Crippen LogP contribution in [0.25, 0.3) is 11.1 Å². The van der Waals surface area contributed by atoms with Crippen LogP contribution in [0.5, 0.6) is 5.75 Å². The van der Waals surface area contributed by atoms with Gasteiger partial charge in [0.15, 0.2) is 5.82 Å². The van der Waals surface area contributed by atoms with Crippen LogP contribution in [-0.2, 0) is 16.2 Å². The average Bonchev–Trinajstić information content (AvgIpc) is 2.89. The first-order valence-electron chi connectivity index (χ1n) is 11.3. The van der Waals surface area contributed by atoms with Gasteiger partial charge in [0.05, 0.1) is 29.5 Å². The van der Waals surface area contributed by atoms with Gasteiger partial charge < -0.3 is 4.74 Å². The Morgan fingerprint density at radius 1 is 0.868 bits per heavy atom.